The first-order valence-corrected chi connectivity index (χ1v) is 5.87. The van der Waals surface area contributed by atoms with Crippen LogP contribution < -0.4 is 0 Å². The summed E-state index contributed by atoms with van der Waals surface area (Å²) >= 11 is 0. The maximum absolute atomic E-state index is 4.40. The third-order valence-corrected chi connectivity index (χ3v) is 2.87. The average molecular weight is 238 g/mol. The molecule has 4 heteroatoms. The van der Waals surface area contributed by atoms with Crippen LogP contribution in [0.2, 0.25) is 0 Å². The van der Waals surface area contributed by atoms with E-state index in [-0.39, 0.29) is 0 Å². The Balaban J connectivity index is 1.83. The maximum Gasteiger partial charge on any atom is 0.0996 e. The zero-order chi connectivity index (χ0) is 12.4. The van der Waals surface area contributed by atoms with E-state index >= 15 is 0 Å². The predicted octanol–water partition coefficient (Wildman–Crippen LogP) is 2.43. The second kappa shape index (κ2) is 4.49. The molecule has 3 rings (SSSR count). The normalized spacial score (nSPS) is 10.7. The Bertz CT molecular complexity index is 620. The Labute approximate surface area is 106 Å². The van der Waals surface area contributed by atoms with Gasteiger partial charge < -0.3 is 9.13 Å². The van der Waals surface area contributed by atoms with Crippen molar-refractivity contribution in [3.63, 3.8) is 0 Å². The fourth-order valence-electron chi connectivity index (χ4n) is 1.87. The Morgan fingerprint density at radius 1 is 1.11 bits per heavy atom. The van der Waals surface area contributed by atoms with Crippen molar-refractivity contribution in [3.8, 4) is 5.69 Å². The van der Waals surface area contributed by atoms with Crippen LogP contribution in [0.3, 0.4) is 0 Å². The van der Waals surface area contributed by atoms with Gasteiger partial charge in [-0.3, -0.25) is 0 Å². The molecular formula is C14H14N4. The van der Waals surface area contributed by atoms with Crippen molar-refractivity contribution < 1.29 is 0 Å². The summed E-state index contributed by atoms with van der Waals surface area (Å²) in [5.41, 5.74) is 3.41. The average Bonchev–Trinajstić information content (AvgIpc) is 3.02. The fraction of sp³-hybridized carbons (Fsp3) is 0.143. The number of benzene rings is 1. The topological polar surface area (TPSA) is 35.6 Å². The molecule has 2 aromatic heterocycles. The molecule has 18 heavy (non-hydrogen) atoms. The van der Waals surface area contributed by atoms with Gasteiger partial charge in [-0.2, -0.15) is 0 Å². The predicted molar refractivity (Wildman–Crippen MR) is 69.6 cm³/mol. The van der Waals surface area contributed by atoms with Gasteiger partial charge >= 0.3 is 0 Å². The van der Waals surface area contributed by atoms with Crippen LogP contribution in [-0.2, 0) is 6.54 Å². The molecule has 0 fully saturated rings. The van der Waals surface area contributed by atoms with Crippen LogP contribution in [0.4, 0.5) is 0 Å². The van der Waals surface area contributed by atoms with Crippen molar-refractivity contribution >= 4 is 0 Å². The molecule has 0 saturated carbocycles. The zero-order valence-electron chi connectivity index (χ0n) is 10.2. The van der Waals surface area contributed by atoms with Crippen molar-refractivity contribution in [2.24, 2.45) is 0 Å². The molecule has 0 bridgehead atoms. The lowest BCUT2D eigenvalue weighted by atomic mass is 10.2. The minimum absolute atomic E-state index is 0.749. The minimum Gasteiger partial charge on any atom is -0.331 e. The number of rotatable bonds is 3. The Hall–Kier alpha value is -2.36. The quantitative estimate of drug-likeness (QED) is 0.702. The molecule has 4 nitrogen and oxygen atoms in total. The monoisotopic (exact) mass is 238 g/mol. The molecule has 0 radical (unpaired) electrons. The Kier molecular flexibility index (Phi) is 2.68. The van der Waals surface area contributed by atoms with Gasteiger partial charge in [0.2, 0.25) is 0 Å². The van der Waals surface area contributed by atoms with E-state index < -0.39 is 0 Å². The standard InChI is InChI=1S/C14H14N4/c1-12-2-4-14(5-3-12)18-9-13(16-11-18)8-17-7-6-15-10-17/h2-7,9-11H,8H2,1H3. The van der Waals surface area contributed by atoms with Gasteiger partial charge in [-0.15, -0.1) is 0 Å². The van der Waals surface area contributed by atoms with Crippen LogP contribution in [0.25, 0.3) is 5.69 Å². The van der Waals surface area contributed by atoms with Gasteiger partial charge in [-0.25, -0.2) is 9.97 Å². The molecule has 0 spiro atoms. The van der Waals surface area contributed by atoms with Gasteiger partial charge in [0.05, 0.1) is 24.9 Å². The van der Waals surface area contributed by atoms with E-state index in [9.17, 15) is 0 Å². The highest BCUT2D eigenvalue weighted by Gasteiger charge is 2.01. The number of imidazole rings is 2. The lowest BCUT2D eigenvalue weighted by Gasteiger charge is -2.01. The first-order valence-electron chi connectivity index (χ1n) is 5.87. The molecule has 0 aliphatic rings. The molecular weight excluding hydrogens is 224 g/mol. The van der Waals surface area contributed by atoms with Crippen molar-refractivity contribution in [3.05, 3.63) is 66.8 Å². The van der Waals surface area contributed by atoms with Gasteiger partial charge in [-0.05, 0) is 19.1 Å². The van der Waals surface area contributed by atoms with Crippen molar-refractivity contribution in [2.45, 2.75) is 13.5 Å². The lowest BCUT2D eigenvalue weighted by molar-refractivity contribution is 0.778. The number of hydrogen-bond acceptors (Lipinski definition) is 2. The molecule has 90 valence electrons. The second-order valence-corrected chi connectivity index (χ2v) is 4.34. The van der Waals surface area contributed by atoms with Gasteiger partial charge in [0, 0.05) is 24.3 Å². The summed E-state index contributed by atoms with van der Waals surface area (Å²) in [4.78, 5) is 8.43. The van der Waals surface area contributed by atoms with Crippen LogP contribution in [-0.4, -0.2) is 19.1 Å². The van der Waals surface area contributed by atoms with Crippen molar-refractivity contribution in [1.82, 2.24) is 19.1 Å². The van der Waals surface area contributed by atoms with E-state index in [4.69, 9.17) is 0 Å². The minimum atomic E-state index is 0.749. The first-order chi connectivity index (χ1) is 8.81. The zero-order valence-corrected chi connectivity index (χ0v) is 10.2. The number of hydrogen-bond donors (Lipinski definition) is 0. The summed E-state index contributed by atoms with van der Waals surface area (Å²) in [6, 6.07) is 8.39. The van der Waals surface area contributed by atoms with Crippen LogP contribution in [0, 0.1) is 6.92 Å². The summed E-state index contributed by atoms with van der Waals surface area (Å²) in [7, 11) is 0. The summed E-state index contributed by atoms with van der Waals surface area (Å²) in [5, 5.41) is 0. The molecule has 0 saturated heterocycles. The molecule has 0 unspecified atom stereocenters. The number of aryl methyl sites for hydroxylation is 1. The molecule has 0 aliphatic carbocycles. The summed E-state index contributed by atoms with van der Waals surface area (Å²) < 4.78 is 4.04. The SMILES string of the molecule is Cc1ccc(-n2cnc(Cn3ccnc3)c2)cc1. The summed E-state index contributed by atoms with van der Waals surface area (Å²) in [5.74, 6) is 0. The molecule has 0 aliphatic heterocycles. The Morgan fingerprint density at radius 2 is 1.94 bits per heavy atom. The fourth-order valence-corrected chi connectivity index (χ4v) is 1.87. The summed E-state index contributed by atoms with van der Waals surface area (Å²) in [6.07, 6.45) is 9.40. The van der Waals surface area contributed by atoms with Gasteiger partial charge in [0.1, 0.15) is 0 Å². The van der Waals surface area contributed by atoms with E-state index in [2.05, 4.69) is 41.2 Å². The molecule has 3 aromatic rings. The highest BCUT2D eigenvalue weighted by molar-refractivity contribution is 5.34. The van der Waals surface area contributed by atoms with E-state index in [1.54, 1.807) is 12.5 Å². The molecule has 0 atom stereocenters. The van der Waals surface area contributed by atoms with E-state index in [0.717, 1.165) is 17.9 Å². The Morgan fingerprint density at radius 3 is 2.67 bits per heavy atom. The second-order valence-electron chi connectivity index (χ2n) is 4.34. The van der Waals surface area contributed by atoms with Gasteiger partial charge in [0.25, 0.3) is 0 Å². The van der Waals surface area contributed by atoms with E-state index in [1.165, 1.54) is 5.56 Å². The smallest absolute Gasteiger partial charge is 0.0996 e. The van der Waals surface area contributed by atoms with Crippen LogP contribution in [0.5, 0.6) is 0 Å². The highest BCUT2D eigenvalue weighted by atomic mass is 15.1. The third kappa shape index (κ3) is 2.18. The number of aromatic nitrogens is 4. The maximum atomic E-state index is 4.40. The lowest BCUT2D eigenvalue weighted by Crippen LogP contribution is -1.96. The van der Waals surface area contributed by atoms with Crippen LogP contribution >= 0.6 is 0 Å². The molecule has 0 N–H and O–H groups in total. The van der Waals surface area contributed by atoms with E-state index in [1.807, 2.05) is 27.9 Å². The third-order valence-electron chi connectivity index (χ3n) is 2.87. The number of nitrogens with zero attached hydrogens (tertiary/aromatic N) is 4. The first kappa shape index (κ1) is 10.8. The van der Waals surface area contributed by atoms with Crippen LogP contribution in [0.15, 0.2) is 55.5 Å². The highest BCUT2D eigenvalue weighted by Crippen LogP contribution is 2.10. The van der Waals surface area contributed by atoms with Crippen molar-refractivity contribution in [1.29, 1.82) is 0 Å². The molecule has 0 amide bonds. The van der Waals surface area contributed by atoms with E-state index in [0.29, 0.717) is 0 Å². The van der Waals surface area contributed by atoms with Crippen LogP contribution in [0.1, 0.15) is 11.3 Å². The summed E-state index contributed by atoms with van der Waals surface area (Å²) in [6.45, 7) is 2.83. The molecule has 1 aromatic carbocycles. The van der Waals surface area contributed by atoms with Gasteiger partial charge in [0.15, 0.2) is 0 Å². The van der Waals surface area contributed by atoms with Crippen molar-refractivity contribution in [2.75, 3.05) is 0 Å². The largest absolute Gasteiger partial charge is 0.331 e. The van der Waals surface area contributed by atoms with Gasteiger partial charge in [-0.1, -0.05) is 17.7 Å². The molecule has 2 heterocycles.